The zero-order valence-corrected chi connectivity index (χ0v) is 23.0. The SMILES string of the molecule is CCCN(C(=O)[C@@H]1c2cc(OC)c(OC)cc2C(=O)N(C)[C@H]1c1ccc(OC)cc1)c1ccc(CC)cc1. The number of benzene rings is 3. The number of aryl methyl sites for hydroxylation is 1. The maximum absolute atomic E-state index is 14.6. The first-order valence-corrected chi connectivity index (χ1v) is 13.0. The zero-order valence-electron chi connectivity index (χ0n) is 23.0. The van der Waals surface area contributed by atoms with Crippen molar-refractivity contribution in [2.45, 2.75) is 38.6 Å². The molecule has 0 aliphatic carbocycles. The van der Waals surface area contributed by atoms with Gasteiger partial charge in [-0.2, -0.15) is 0 Å². The van der Waals surface area contributed by atoms with E-state index in [4.69, 9.17) is 14.2 Å². The summed E-state index contributed by atoms with van der Waals surface area (Å²) in [6.45, 7) is 4.72. The Hall–Kier alpha value is -4.00. The van der Waals surface area contributed by atoms with Crippen molar-refractivity contribution in [1.82, 2.24) is 4.90 Å². The lowest BCUT2D eigenvalue weighted by atomic mass is 9.78. The van der Waals surface area contributed by atoms with Gasteiger partial charge in [0.15, 0.2) is 11.5 Å². The normalized spacial score (nSPS) is 16.6. The minimum Gasteiger partial charge on any atom is -0.497 e. The Morgan fingerprint density at radius 1 is 0.895 bits per heavy atom. The maximum Gasteiger partial charge on any atom is 0.254 e. The third-order valence-corrected chi connectivity index (χ3v) is 7.27. The molecule has 7 nitrogen and oxygen atoms in total. The highest BCUT2D eigenvalue weighted by atomic mass is 16.5. The number of fused-ring (bicyclic) bond motifs is 1. The molecule has 0 saturated heterocycles. The second kappa shape index (κ2) is 11.6. The molecule has 0 N–H and O–H groups in total. The number of likely N-dealkylation sites (N-methyl/N-ethyl adjacent to an activating group) is 1. The molecule has 1 heterocycles. The molecule has 0 saturated carbocycles. The number of nitrogens with zero attached hydrogens (tertiary/aromatic N) is 2. The number of amides is 2. The third kappa shape index (κ3) is 4.93. The van der Waals surface area contributed by atoms with E-state index in [0.717, 1.165) is 24.1 Å². The lowest BCUT2D eigenvalue weighted by molar-refractivity contribution is -0.121. The van der Waals surface area contributed by atoms with Gasteiger partial charge in [-0.25, -0.2) is 0 Å². The van der Waals surface area contributed by atoms with Crippen LogP contribution in [0.5, 0.6) is 17.2 Å². The molecule has 38 heavy (non-hydrogen) atoms. The summed E-state index contributed by atoms with van der Waals surface area (Å²) in [6.07, 6.45) is 1.71. The second-order valence-corrected chi connectivity index (χ2v) is 9.42. The van der Waals surface area contributed by atoms with E-state index in [1.807, 2.05) is 41.3 Å². The molecule has 2 amide bonds. The van der Waals surface area contributed by atoms with Crippen LogP contribution in [0.4, 0.5) is 5.69 Å². The minimum absolute atomic E-state index is 0.0789. The molecule has 1 aliphatic rings. The molecule has 1 aliphatic heterocycles. The number of carbonyl (C=O) groups excluding carboxylic acids is 2. The number of hydrogen-bond acceptors (Lipinski definition) is 5. The standard InChI is InChI=1S/C31H36N2O5/c1-7-17-33(22-13-9-20(8-2)10-14-22)31(35)28-24-18-26(37-5)27(38-6)19-25(24)30(34)32(3)29(28)21-11-15-23(36-4)16-12-21/h9-16,18-19,28-29H,7-8,17H2,1-6H3/t28-,29+/m1/s1. The Kier molecular flexibility index (Phi) is 8.25. The third-order valence-electron chi connectivity index (χ3n) is 7.27. The highest BCUT2D eigenvalue weighted by Gasteiger charge is 2.45. The molecule has 200 valence electrons. The van der Waals surface area contributed by atoms with Crippen molar-refractivity contribution in [2.24, 2.45) is 0 Å². The number of carbonyl (C=O) groups is 2. The molecule has 0 unspecified atom stereocenters. The summed E-state index contributed by atoms with van der Waals surface area (Å²) < 4.78 is 16.4. The molecule has 4 rings (SSSR count). The van der Waals surface area contributed by atoms with Crippen molar-refractivity contribution < 1.29 is 23.8 Å². The van der Waals surface area contributed by atoms with Gasteiger partial charge in [-0.3, -0.25) is 9.59 Å². The molecule has 0 fully saturated rings. The summed E-state index contributed by atoms with van der Waals surface area (Å²) in [7, 11) is 6.45. The lowest BCUT2D eigenvalue weighted by Gasteiger charge is -2.42. The van der Waals surface area contributed by atoms with Crippen LogP contribution >= 0.6 is 0 Å². The van der Waals surface area contributed by atoms with Crippen LogP contribution < -0.4 is 19.1 Å². The van der Waals surface area contributed by atoms with Gasteiger partial charge in [-0.05, 0) is 65.9 Å². The van der Waals surface area contributed by atoms with Crippen molar-refractivity contribution in [1.29, 1.82) is 0 Å². The minimum atomic E-state index is -0.668. The number of rotatable bonds is 9. The quantitative estimate of drug-likeness (QED) is 0.369. The summed E-state index contributed by atoms with van der Waals surface area (Å²) in [6, 6.07) is 18.6. The van der Waals surface area contributed by atoms with Gasteiger partial charge < -0.3 is 24.0 Å². The van der Waals surface area contributed by atoms with Gasteiger partial charge >= 0.3 is 0 Å². The van der Waals surface area contributed by atoms with Gasteiger partial charge in [-0.1, -0.05) is 38.1 Å². The molecule has 0 aromatic heterocycles. The van der Waals surface area contributed by atoms with Crippen LogP contribution in [0.3, 0.4) is 0 Å². The molecule has 3 aromatic carbocycles. The van der Waals surface area contributed by atoms with Gasteiger partial charge in [0.05, 0.1) is 33.3 Å². The summed E-state index contributed by atoms with van der Waals surface area (Å²) in [5.74, 6) is 0.701. The predicted octanol–water partition coefficient (Wildman–Crippen LogP) is 5.63. The van der Waals surface area contributed by atoms with Crippen LogP contribution in [0.15, 0.2) is 60.7 Å². The summed E-state index contributed by atoms with van der Waals surface area (Å²) >= 11 is 0. The predicted molar refractivity (Wildman–Crippen MR) is 149 cm³/mol. The topological polar surface area (TPSA) is 68.3 Å². The monoisotopic (exact) mass is 516 g/mol. The van der Waals surface area contributed by atoms with E-state index in [-0.39, 0.29) is 11.8 Å². The molecule has 7 heteroatoms. The number of methoxy groups -OCH3 is 3. The molecule has 2 atom stereocenters. The highest BCUT2D eigenvalue weighted by molar-refractivity contribution is 6.05. The van der Waals surface area contributed by atoms with Crippen LogP contribution in [0.1, 0.15) is 59.3 Å². The van der Waals surface area contributed by atoms with Gasteiger partial charge in [0, 0.05) is 24.8 Å². The van der Waals surface area contributed by atoms with E-state index < -0.39 is 12.0 Å². The fourth-order valence-electron chi connectivity index (χ4n) is 5.20. The van der Waals surface area contributed by atoms with Crippen LogP contribution in [0.25, 0.3) is 0 Å². The molecule has 0 bridgehead atoms. The first-order valence-electron chi connectivity index (χ1n) is 13.0. The molecular weight excluding hydrogens is 480 g/mol. The van der Waals surface area contributed by atoms with Crippen molar-refractivity contribution in [2.75, 3.05) is 39.8 Å². The smallest absolute Gasteiger partial charge is 0.254 e. The first kappa shape index (κ1) is 27.0. The van der Waals surface area contributed by atoms with E-state index in [2.05, 4.69) is 26.0 Å². The molecule has 0 radical (unpaired) electrons. The Labute approximate surface area is 224 Å². The Balaban J connectivity index is 1.92. The van der Waals surface area contributed by atoms with E-state index in [0.29, 0.717) is 34.9 Å². The number of ether oxygens (including phenoxy) is 3. The Morgan fingerprint density at radius 3 is 2.08 bits per heavy atom. The largest absolute Gasteiger partial charge is 0.497 e. The average Bonchev–Trinajstić information content (AvgIpc) is 2.96. The molecule has 0 spiro atoms. The van der Waals surface area contributed by atoms with E-state index >= 15 is 0 Å². The fourth-order valence-corrected chi connectivity index (χ4v) is 5.20. The van der Waals surface area contributed by atoms with Crippen LogP contribution in [0, 0.1) is 0 Å². The highest BCUT2D eigenvalue weighted by Crippen LogP contribution is 2.47. The second-order valence-electron chi connectivity index (χ2n) is 9.42. The van der Waals surface area contributed by atoms with Crippen molar-refractivity contribution in [3.05, 3.63) is 82.9 Å². The Bertz CT molecular complexity index is 1290. The van der Waals surface area contributed by atoms with E-state index in [9.17, 15) is 9.59 Å². The van der Waals surface area contributed by atoms with Crippen molar-refractivity contribution in [3.63, 3.8) is 0 Å². The number of anilines is 1. The average molecular weight is 517 g/mol. The molecular formula is C31H36N2O5. The van der Waals surface area contributed by atoms with Gasteiger partial charge in [0.1, 0.15) is 5.75 Å². The fraction of sp³-hybridized carbons (Fsp3) is 0.355. The van der Waals surface area contributed by atoms with Gasteiger partial charge in [0.2, 0.25) is 5.91 Å². The number of hydrogen-bond donors (Lipinski definition) is 0. The summed E-state index contributed by atoms with van der Waals surface area (Å²) in [5, 5.41) is 0. The van der Waals surface area contributed by atoms with E-state index in [1.54, 1.807) is 38.3 Å². The lowest BCUT2D eigenvalue weighted by Crippen LogP contribution is -2.47. The van der Waals surface area contributed by atoms with Gasteiger partial charge in [0.25, 0.3) is 5.91 Å². The van der Waals surface area contributed by atoms with E-state index in [1.165, 1.54) is 12.7 Å². The summed E-state index contributed by atoms with van der Waals surface area (Å²) in [5.41, 5.74) is 3.95. The van der Waals surface area contributed by atoms with Crippen LogP contribution in [0.2, 0.25) is 0 Å². The first-order chi connectivity index (χ1) is 18.4. The maximum atomic E-state index is 14.6. The van der Waals surface area contributed by atoms with Gasteiger partial charge in [-0.15, -0.1) is 0 Å². The zero-order chi connectivity index (χ0) is 27.4. The molecule has 3 aromatic rings. The van der Waals surface area contributed by atoms with Crippen LogP contribution in [-0.2, 0) is 11.2 Å². The van der Waals surface area contributed by atoms with Crippen molar-refractivity contribution in [3.8, 4) is 17.2 Å². The van der Waals surface area contributed by atoms with Crippen LogP contribution in [-0.4, -0.2) is 51.6 Å². The Morgan fingerprint density at radius 2 is 1.53 bits per heavy atom. The summed E-state index contributed by atoms with van der Waals surface area (Å²) in [4.78, 5) is 31.8. The van der Waals surface area contributed by atoms with Crippen molar-refractivity contribution >= 4 is 17.5 Å².